The Kier molecular flexibility index (Phi) is 4.39. The molecule has 0 aromatic heterocycles. The van der Waals surface area contributed by atoms with E-state index in [1.165, 1.54) is 19.1 Å². The van der Waals surface area contributed by atoms with Crippen molar-refractivity contribution >= 4 is 17.5 Å². The van der Waals surface area contributed by atoms with Crippen LogP contribution < -0.4 is 0 Å². The Morgan fingerprint density at radius 3 is 2.65 bits per heavy atom. The first kappa shape index (κ1) is 14.5. The molecule has 0 atom stereocenters. The van der Waals surface area contributed by atoms with Gasteiger partial charge < -0.3 is 5.11 Å². The van der Waals surface area contributed by atoms with Crippen molar-refractivity contribution in [2.75, 3.05) is 0 Å². The number of hydrogen-bond donors (Lipinski definition) is 1. The van der Waals surface area contributed by atoms with Crippen molar-refractivity contribution in [2.24, 2.45) is 0 Å². The fourth-order valence-electron chi connectivity index (χ4n) is 1.66. The first-order chi connectivity index (χ1) is 9.47. The molecule has 104 valence electrons. The lowest BCUT2D eigenvalue weighted by Crippen LogP contribution is -1.94. The molecule has 0 aliphatic rings. The number of phenolic OH excluding ortho intramolecular Hbond substituents is 1. The molecular weight excluding hydrogens is 282 g/mol. The van der Waals surface area contributed by atoms with Crippen LogP contribution in [0.5, 0.6) is 5.75 Å². The normalized spacial score (nSPS) is 10.6. The number of rotatable bonds is 4. The number of benzene rings is 2. The highest BCUT2D eigenvalue weighted by Gasteiger charge is 2.09. The third kappa shape index (κ3) is 3.36. The van der Waals surface area contributed by atoms with Crippen LogP contribution in [0.25, 0.3) is 0 Å². The lowest BCUT2D eigenvalue weighted by atomic mass is 10.1. The summed E-state index contributed by atoms with van der Waals surface area (Å²) in [5, 5.41) is 9.73. The largest absolute Gasteiger partial charge is 0.508 e. The third-order valence-corrected chi connectivity index (χ3v) is 3.84. The quantitative estimate of drug-likeness (QED) is 0.679. The van der Waals surface area contributed by atoms with Crippen molar-refractivity contribution in [2.45, 2.75) is 17.6 Å². The fraction of sp³-hybridized carbons (Fsp3) is 0.133. The van der Waals surface area contributed by atoms with Gasteiger partial charge in [0.05, 0.1) is 0 Å². The molecular formula is C15H12F2O2S. The number of thioether (sulfide) groups is 1. The fourth-order valence-corrected chi connectivity index (χ4v) is 2.61. The lowest BCUT2D eigenvalue weighted by molar-refractivity contribution is 0.101. The SMILES string of the molecule is CC(=O)c1ccc(O)c(CSc2cc(F)ccc2F)c1. The Hall–Kier alpha value is -1.88. The van der Waals surface area contributed by atoms with Crippen LogP contribution in [0.1, 0.15) is 22.8 Å². The maximum atomic E-state index is 13.5. The average Bonchev–Trinajstić information content (AvgIpc) is 2.41. The number of hydrogen-bond acceptors (Lipinski definition) is 3. The molecule has 0 saturated carbocycles. The second-order valence-electron chi connectivity index (χ2n) is 4.26. The van der Waals surface area contributed by atoms with E-state index in [2.05, 4.69) is 0 Å². The van der Waals surface area contributed by atoms with Crippen LogP contribution in [0, 0.1) is 11.6 Å². The lowest BCUT2D eigenvalue weighted by Gasteiger charge is -2.07. The maximum absolute atomic E-state index is 13.5. The summed E-state index contributed by atoms with van der Waals surface area (Å²) in [5.74, 6) is -0.880. The van der Waals surface area contributed by atoms with Crippen molar-refractivity contribution in [3.05, 3.63) is 59.2 Å². The second-order valence-corrected chi connectivity index (χ2v) is 5.28. The predicted molar refractivity (Wildman–Crippen MR) is 74.0 cm³/mol. The van der Waals surface area contributed by atoms with Crippen molar-refractivity contribution in [1.82, 2.24) is 0 Å². The van der Waals surface area contributed by atoms with Crippen LogP contribution in [-0.4, -0.2) is 10.9 Å². The Morgan fingerprint density at radius 2 is 1.95 bits per heavy atom. The number of carbonyl (C=O) groups excluding carboxylic acids is 1. The summed E-state index contributed by atoms with van der Waals surface area (Å²) in [5.41, 5.74) is 0.976. The van der Waals surface area contributed by atoms with E-state index in [-0.39, 0.29) is 22.2 Å². The molecule has 0 amide bonds. The van der Waals surface area contributed by atoms with Crippen molar-refractivity contribution in [1.29, 1.82) is 0 Å². The molecule has 5 heteroatoms. The van der Waals surface area contributed by atoms with Crippen LogP contribution in [0.2, 0.25) is 0 Å². The van der Waals surface area contributed by atoms with E-state index < -0.39 is 11.6 Å². The van der Waals surface area contributed by atoms with Gasteiger partial charge in [0, 0.05) is 21.8 Å². The third-order valence-electron chi connectivity index (χ3n) is 2.76. The topological polar surface area (TPSA) is 37.3 Å². The predicted octanol–water partition coefficient (Wildman–Crippen LogP) is 4.17. The van der Waals surface area contributed by atoms with E-state index in [1.54, 1.807) is 6.07 Å². The van der Waals surface area contributed by atoms with Crippen molar-refractivity contribution < 1.29 is 18.7 Å². The van der Waals surface area contributed by atoms with Gasteiger partial charge in [-0.1, -0.05) is 0 Å². The molecule has 0 saturated heterocycles. The van der Waals surface area contributed by atoms with Gasteiger partial charge in [-0.3, -0.25) is 4.79 Å². The number of ketones is 1. The second kappa shape index (κ2) is 6.05. The molecule has 2 aromatic carbocycles. The summed E-state index contributed by atoms with van der Waals surface area (Å²) in [7, 11) is 0. The minimum atomic E-state index is -0.518. The molecule has 0 fully saturated rings. The Morgan fingerprint density at radius 1 is 1.20 bits per heavy atom. The highest BCUT2D eigenvalue weighted by atomic mass is 32.2. The molecule has 2 rings (SSSR count). The van der Waals surface area contributed by atoms with Crippen molar-refractivity contribution in [3.63, 3.8) is 0 Å². The van der Waals surface area contributed by atoms with Crippen LogP contribution in [0.4, 0.5) is 8.78 Å². The monoisotopic (exact) mass is 294 g/mol. The van der Waals surface area contributed by atoms with Gasteiger partial charge in [0.1, 0.15) is 17.4 Å². The van der Waals surface area contributed by atoms with E-state index in [0.29, 0.717) is 11.1 Å². The summed E-state index contributed by atoms with van der Waals surface area (Å²) in [6, 6.07) is 7.72. The van der Waals surface area contributed by atoms with Gasteiger partial charge in [0.25, 0.3) is 0 Å². The van der Waals surface area contributed by atoms with Gasteiger partial charge in [-0.2, -0.15) is 0 Å². The molecule has 0 aliphatic heterocycles. The molecule has 2 nitrogen and oxygen atoms in total. The summed E-state index contributed by atoms with van der Waals surface area (Å²) in [4.78, 5) is 11.4. The van der Waals surface area contributed by atoms with Crippen LogP contribution in [0.15, 0.2) is 41.3 Å². The minimum absolute atomic E-state index is 0.0271. The van der Waals surface area contributed by atoms with Gasteiger partial charge in [-0.15, -0.1) is 11.8 Å². The van der Waals surface area contributed by atoms with Gasteiger partial charge in [0.2, 0.25) is 0 Å². The number of aromatic hydroxyl groups is 1. The van der Waals surface area contributed by atoms with Crippen LogP contribution in [0.3, 0.4) is 0 Å². The number of halogens is 2. The summed E-state index contributed by atoms with van der Waals surface area (Å²) >= 11 is 1.06. The number of carbonyl (C=O) groups is 1. The molecule has 1 N–H and O–H groups in total. The van der Waals surface area contributed by atoms with Gasteiger partial charge >= 0.3 is 0 Å². The van der Waals surface area contributed by atoms with Gasteiger partial charge in [-0.25, -0.2) is 8.78 Å². The smallest absolute Gasteiger partial charge is 0.159 e. The Labute approximate surface area is 119 Å². The Balaban J connectivity index is 2.20. The molecule has 0 bridgehead atoms. The van der Waals surface area contributed by atoms with Crippen LogP contribution in [-0.2, 0) is 5.75 Å². The summed E-state index contributed by atoms with van der Waals surface area (Å²) in [6.07, 6.45) is 0. The zero-order valence-electron chi connectivity index (χ0n) is 10.7. The molecule has 20 heavy (non-hydrogen) atoms. The molecule has 0 spiro atoms. The highest BCUT2D eigenvalue weighted by molar-refractivity contribution is 7.98. The van der Waals surface area contributed by atoms with E-state index in [4.69, 9.17) is 0 Å². The first-order valence-electron chi connectivity index (χ1n) is 5.88. The van der Waals surface area contributed by atoms with E-state index >= 15 is 0 Å². The number of Topliss-reactive ketones (excluding diaryl/α,β-unsaturated/α-hetero) is 1. The van der Waals surface area contributed by atoms with E-state index in [1.807, 2.05) is 0 Å². The zero-order valence-corrected chi connectivity index (χ0v) is 11.5. The van der Waals surface area contributed by atoms with Gasteiger partial charge in [0.15, 0.2) is 5.78 Å². The molecule has 0 radical (unpaired) electrons. The average molecular weight is 294 g/mol. The maximum Gasteiger partial charge on any atom is 0.159 e. The minimum Gasteiger partial charge on any atom is -0.508 e. The highest BCUT2D eigenvalue weighted by Crippen LogP contribution is 2.30. The standard InChI is InChI=1S/C15H12F2O2S/c1-9(18)10-2-5-14(19)11(6-10)8-20-15-7-12(16)3-4-13(15)17/h2-7,19H,8H2,1H3. The summed E-state index contributed by atoms with van der Waals surface area (Å²) in [6.45, 7) is 1.43. The molecule has 0 heterocycles. The molecule has 2 aromatic rings. The van der Waals surface area contributed by atoms with Gasteiger partial charge in [-0.05, 0) is 43.3 Å². The molecule has 0 aliphatic carbocycles. The van der Waals surface area contributed by atoms with Crippen molar-refractivity contribution in [3.8, 4) is 5.75 Å². The van der Waals surface area contributed by atoms with E-state index in [9.17, 15) is 18.7 Å². The summed E-state index contributed by atoms with van der Waals surface area (Å²) < 4.78 is 26.5. The van der Waals surface area contributed by atoms with Crippen LogP contribution >= 0.6 is 11.8 Å². The molecule has 0 unspecified atom stereocenters. The zero-order chi connectivity index (χ0) is 14.7. The van der Waals surface area contributed by atoms with E-state index in [0.717, 1.165) is 30.0 Å². The Bertz CT molecular complexity index is 656. The first-order valence-corrected chi connectivity index (χ1v) is 6.86. The number of phenols is 1.